The summed E-state index contributed by atoms with van der Waals surface area (Å²) < 4.78 is 11.5. The lowest BCUT2D eigenvalue weighted by Crippen LogP contribution is -2.58. The Bertz CT molecular complexity index is 665. The molecule has 0 aromatic rings. The number of fused-ring (bicyclic) bond motifs is 1. The molecule has 0 aromatic heterocycles. The van der Waals surface area contributed by atoms with Gasteiger partial charge in [0.15, 0.2) is 0 Å². The number of halogens is 1. The van der Waals surface area contributed by atoms with E-state index in [0.29, 0.717) is 12.8 Å². The number of esters is 1. The van der Waals surface area contributed by atoms with Gasteiger partial charge in [0.25, 0.3) is 0 Å². The number of aliphatic hydroxyl groups is 1. The molecular formula is C19H29BrN2O6. The van der Waals surface area contributed by atoms with Crippen molar-refractivity contribution < 1.29 is 29.0 Å². The highest BCUT2D eigenvalue weighted by atomic mass is 79.9. The number of aliphatic hydroxyl groups excluding tert-OH is 1. The summed E-state index contributed by atoms with van der Waals surface area (Å²) in [4.78, 5) is 40.6. The highest BCUT2D eigenvalue weighted by molar-refractivity contribution is 9.09. The largest absolute Gasteiger partial charge is 0.466 e. The number of carbonyl (C=O) groups excluding carboxylic acids is 3. The van der Waals surface area contributed by atoms with Gasteiger partial charge in [0, 0.05) is 23.5 Å². The van der Waals surface area contributed by atoms with Gasteiger partial charge in [-0.05, 0) is 40.5 Å². The van der Waals surface area contributed by atoms with Crippen molar-refractivity contribution in [3.63, 3.8) is 0 Å². The van der Waals surface area contributed by atoms with E-state index in [4.69, 9.17) is 9.47 Å². The molecule has 3 aliphatic rings. The molecular weight excluding hydrogens is 432 g/mol. The number of ether oxygens (including phenoxy) is 2. The Kier molecular flexibility index (Phi) is 5.82. The van der Waals surface area contributed by atoms with Gasteiger partial charge in [0.2, 0.25) is 11.8 Å². The topological polar surface area (TPSA) is 105 Å². The van der Waals surface area contributed by atoms with Crippen molar-refractivity contribution in [1.29, 1.82) is 0 Å². The van der Waals surface area contributed by atoms with Gasteiger partial charge in [-0.25, -0.2) is 0 Å². The first-order valence-corrected chi connectivity index (χ1v) is 10.7. The number of amides is 2. The quantitative estimate of drug-likeness (QED) is 0.444. The van der Waals surface area contributed by atoms with Gasteiger partial charge in [-0.3, -0.25) is 14.4 Å². The smallest absolute Gasteiger partial charge is 0.312 e. The molecule has 2 bridgehead atoms. The minimum atomic E-state index is -1.07. The molecule has 3 saturated heterocycles. The molecule has 28 heavy (non-hydrogen) atoms. The molecule has 6 atom stereocenters. The number of alkyl halides is 1. The summed E-state index contributed by atoms with van der Waals surface area (Å²) in [6.07, 6.45) is 0.305. The fraction of sp³-hybridized carbons (Fsp3) is 0.842. The van der Waals surface area contributed by atoms with Gasteiger partial charge in [0.1, 0.15) is 11.6 Å². The van der Waals surface area contributed by atoms with E-state index in [1.165, 1.54) is 4.90 Å². The van der Waals surface area contributed by atoms with E-state index in [0.717, 1.165) is 0 Å². The van der Waals surface area contributed by atoms with Gasteiger partial charge >= 0.3 is 5.97 Å². The Hall–Kier alpha value is -1.19. The van der Waals surface area contributed by atoms with Gasteiger partial charge in [-0.15, -0.1) is 0 Å². The molecule has 8 nitrogen and oxygen atoms in total. The number of hydrogen-bond donors (Lipinski definition) is 2. The van der Waals surface area contributed by atoms with E-state index in [9.17, 15) is 19.5 Å². The molecule has 3 rings (SSSR count). The van der Waals surface area contributed by atoms with Crippen LogP contribution in [0.4, 0.5) is 0 Å². The molecule has 0 radical (unpaired) electrons. The third-order valence-electron chi connectivity index (χ3n) is 5.65. The summed E-state index contributed by atoms with van der Waals surface area (Å²) in [5.74, 6) is -2.53. The number of hydrogen-bond acceptors (Lipinski definition) is 6. The molecule has 3 aliphatic heterocycles. The van der Waals surface area contributed by atoms with E-state index < -0.39 is 41.1 Å². The molecule has 2 amide bonds. The van der Waals surface area contributed by atoms with Crippen LogP contribution in [0.3, 0.4) is 0 Å². The maximum Gasteiger partial charge on any atom is 0.312 e. The van der Waals surface area contributed by atoms with Crippen molar-refractivity contribution in [2.45, 2.75) is 68.6 Å². The number of nitrogens with one attached hydrogen (secondary N) is 1. The summed E-state index contributed by atoms with van der Waals surface area (Å²) >= 11 is 3.58. The third kappa shape index (κ3) is 3.35. The minimum absolute atomic E-state index is 0.0963. The van der Waals surface area contributed by atoms with E-state index in [1.807, 2.05) is 20.8 Å². The Balaban J connectivity index is 2.01. The lowest BCUT2D eigenvalue weighted by molar-refractivity contribution is -0.154. The van der Waals surface area contributed by atoms with Crippen molar-refractivity contribution in [2.75, 3.05) is 19.8 Å². The van der Waals surface area contributed by atoms with Crippen LogP contribution in [0.1, 0.15) is 40.5 Å². The second-order valence-electron chi connectivity index (χ2n) is 8.76. The average Bonchev–Trinajstić information content (AvgIpc) is 3.15. The van der Waals surface area contributed by atoms with Crippen molar-refractivity contribution in [3.8, 4) is 0 Å². The highest BCUT2D eigenvalue weighted by Crippen LogP contribution is 2.60. The van der Waals surface area contributed by atoms with Crippen LogP contribution in [0, 0.1) is 11.8 Å². The van der Waals surface area contributed by atoms with E-state index >= 15 is 0 Å². The van der Waals surface area contributed by atoms with E-state index in [1.54, 1.807) is 6.92 Å². The standard InChI is InChI=1S/C19H29BrN2O6/c1-5-27-17(26)11-12-16(25)22(7-6-8-23)14(15(24)21-18(2,3)4)19(12)9-10(20)13(11)28-19/h10-14,23H,5-9H2,1-4H3,(H,21,24)/t10?,11-,12+,13-,14-,19+/m0/s1. The molecule has 0 saturated carbocycles. The zero-order valence-corrected chi connectivity index (χ0v) is 18.3. The summed E-state index contributed by atoms with van der Waals surface area (Å²) in [6.45, 7) is 7.68. The van der Waals surface area contributed by atoms with Crippen LogP contribution in [0.15, 0.2) is 0 Å². The maximum atomic E-state index is 13.3. The molecule has 0 aromatic carbocycles. The lowest BCUT2D eigenvalue weighted by Gasteiger charge is -2.35. The molecule has 158 valence electrons. The molecule has 1 unspecified atom stereocenters. The van der Waals surface area contributed by atoms with Crippen molar-refractivity contribution in [2.24, 2.45) is 11.8 Å². The van der Waals surface area contributed by atoms with E-state index in [2.05, 4.69) is 21.2 Å². The monoisotopic (exact) mass is 460 g/mol. The maximum absolute atomic E-state index is 13.3. The molecule has 0 aliphatic carbocycles. The number of carbonyl (C=O) groups is 3. The van der Waals surface area contributed by atoms with Crippen molar-refractivity contribution in [3.05, 3.63) is 0 Å². The Morgan fingerprint density at radius 1 is 1.43 bits per heavy atom. The molecule has 2 N–H and O–H groups in total. The Labute approximate surface area is 173 Å². The Morgan fingerprint density at radius 2 is 2.11 bits per heavy atom. The minimum Gasteiger partial charge on any atom is -0.466 e. The first-order valence-electron chi connectivity index (χ1n) is 9.79. The molecule has 9 heteroatoms. The SMILES string of the molecule is CCOC(=O)[C@@H]1[C@H]2O[C@@]3(CC2Br)[C@H](C(=O)NC(C)(C)C)N(CCCO)C(=O)[C@@H]13. The predicted octanol–water partition coefficient (Wildman–Crippen LogP) is 0.595. The van der Waals surface area contributed by atoms with Crippen LogP contribution < -0.4 is 5.32 Å². The van der Waals surface area contributed by atoms with Gasteiger partial charge in [-0.2, -0.15) is 0 Å². The second-order valence-corrected chi connectivity index (χ2v) is 9.94. The van der Waals surface area contributed by atoms with Crippen LogP contribution in [0.5, 0.6) is 0 Å². The van der Waals surface area contributed by atoms with Crippen LogP contribution >= 0.6 is 15.9 Å². The van der Waals surface area contributed by atoms with E-state index in [-0.39, 0.29) is 36.4 Å². The lowest BCUT2D eigenvalue weighted by atomic mass is 9.70. The van der Waals surface area contributed by atoms with Crippen molar-refractivity contribution >= 4 is 33.7 Å². The fourth-order valence-corrected chi connectivity index (χ4v) is 5.80. The Morgan fingerprint density at radius 3 is 2.68 bits per heavy atom. The van der Waals surface area contributed by atoms with Crippen LogP contribution in [-0.4, -0.2) is 75.7 Å². The summed E-state index contributed by atoms with van der Waals surface area (Å²) in [5.41, 5.74) is -1.55. The summed E-state index contributed by atoms with van der Waals surface area (Å²) in [6, 6.07) is -0.847. The number of rotatable bonds is 6. The first-order chi connectivity index (χ1) is 13.1. The van der Waals surface area contributed by atoms with Crippen LogP contribution in [0.2, 0.25) is 0 Å². The summed E-state index contributed by atoms with van der Waals surface area (Å²) in [7, 11) is 0. The van der Waals surface area contributed by atoms with Gasteiger partial charge < -0.3 is 24.8 Å². The fourth-order valence-electron chi connectivity index (χ4n) is 4.86. The molecule has 3 fully saturated rings. The normalized spacial score (nSPS) is 36.6. The number of likely N-dealkylation sites (tertiary alicyclic amines) is 1. The highest BCUT2D eigenvalue weighted by Gasteiger charge is 2.76. The average molecular weight is 461 g/mol. The molecule has 1 spiro atoms. The third-order valence-corrected chi connectivity index (χ3v) is 6.50. The van der Waals surface area contributed by atoms with Gasteiger partial charge in [-0.1, -0.05) is 15.9 Å². The summed E-state index contributed by atoms with van der Waals surface area (Å²) in [5, 5.41) is 12.2. The first kappa shape index (κ1) is 21.5. The predicted molar refractivity (Wildman–Crippen MR) is 104 cm³/mol. The van der Waals surface area contributed by atoms with Crippen LogP contribution in [0.25, 0.3) is 0 Å². The molecule has 3 heterocycles. The van der Waals surface area contributed by atoms with Crippen LogP contribution in [-0.2, 0) is 23.9 Å². The zero-order valence-electron chi connectivity index (χ0n) is 16.7. The van der Waals surface area contributed by atoms with Gasteiger partial charge in [0.05, 0.1) is 24.5 Å². The second kappa shape index (κ2) is 7.57. The zero-order chi connectivity index (χ0) is 20.9. The van der Waals surface area contributed by atoms with Crippen molar-refractivity contribution in [1.82, 2.24) is 10.2 Å². The number of nitrogens with zero attached hydrogens (tertiary/aromatic N) is 1.